The van der Waals surface area contributed by atoms with Gasteiger partial charge in [0.25, 0.3) is 0 Å². The third-order valence-electron chi connectivity index (χ3n) is 3.57. The Morgan fingerprint density at radius 2 is 1.82 bits per heavy atom. The average Bonchev–Trinajstić information content (AvgIpc) is 2.44. The fraction of sp³-hybridized carbons (Fsp3) is 0.214. The first-order valence-electron chi connectivity index (χ1n) is 6.13. The van der Waals surface area contributed by atoms with Crippen molar-refractivity contribution in [2.75, 3.05) is 0 Å². The van der Waals surface area contributed by atoms with Crippen molar-refractivity contribution >= 4 is 37.9 Å². The Balaban J connectivity index is 2.97. The molecule has 2 aromatic rings. The molecule has 0 aliphatic carbocycles. The molecule has 1 heterocycles. The van der Waals surface area contributed by atoms with Gasteiger partial charge in [0, 0.05) is 0 Å². The zero-order chi connectivity index (χ0) is 16.8. The first kappa shape index (κ1) is 18.4. The molecule has 1 aromatic carbocycles. The number of hydrogen-bond acceptors (Lipinski definition) is 3. The van der Waals surface area contributed by atoms with Gasteiger partial charge in [0.1, 0.15) is 0 Å². The summed E-state index contributed by atoms with van der Waals surface area (Å²) in [7, 11) is 0. The number of hydrogen-bond donors (Lipinski definition) is 1. The molecule has 0 spiro atoms. The van der Waals surface area contributed by atoms with E-state index in [2.05, 4.69) is 83.5 Å². The number of aromatic carboxylic acids is 1. The minimum atomic E-state index is -1.03. The molecule has 5 nitrogen and oxygen atoms in total. The van der Waals surface area contributed by atoms with Crippen molar-refractivity contribution in [1.82, 2.24) is 9.78 Å². The Bertz CT molecular complexity index is 862. The van der Waals surface area contributed by atoms with Crippen LogP contribution in [0.4, 0.5) is 0 Å². The molecule has 1 radical (unpaired) electrons. The van der Waals surface area contributed by atoms with Crippen LogP contribution in [0.25, 0.3) is 5.69 Å². The monoisotopic (exact) mass is 545 g/mol. The molecule has 0 saturated heterocycles. The summed E-state index contributed by atoms with van der Waals surface area (Å²) in [6.45, 7) is 5.45. The first-order valence-corrected chi connectivity index (χ1v) is 8.73. The van der Waals surface area contributed by atoms with E-state index in [4.69, 9.17) is 0 Å². The van der Waals surface area contributed by atoms with Gasteiger partial charge in [0.05, 0.1) is 0 Å². The zero-order valence-electron chi connectivity index (χ0n) is 11.8. The SMILES string of the molecule is Cc1c(C)c(C(=O)O)c([Xe])c(-n2ncc(Br)c(Br)c2=O)c1C. The molecule has 0 atom stereocenters. The van der Waals surface area contributed by atoms with Gasteiger partial charge < -0.3 is 0 Å². The summed E-state index contributed by atoms with van der Waals surface area (Å²) < 4.78 is 2.55. The van der Waals surface area contributed by atoms with E-state index in [-0.39, 0.29) is 11.1 Å². The zero-order valence-corrected chi connectivity index (χ0v) is 17.0. The molecule has 0 bridgehead atoms. The molecule has 2 rings (SSSR count). The van der Waals surface area contributed by atoms with Crippen molar-refractivity contribution < 1.29 is 56.4 Å². The summed E-state index contributed by atoms with van der Waals surface area (Å²) in [5, 5.41) is 13.6. The van der Waals surface area contributed by atoms with E-state index >= 15 is 0 Å². The summed E-state index contributed by atoms with van der Waals surface area (Å²) in [6.07, 6.45) is 1.49. The van der Waals surface area contributed by atoms with Crippen molar-refractivity contribution in [1.29, 1.82) is 0 Å². The van der Waals surface area contributed by atoms with Crippen LogP contribution in [-0.4, -0.2) is 20.9 Å². The Labute approximate surface area is 176 Å². The number of nitrogens with zero attached hydrogens (tertiary/aromatic N) is 2. The van der Waals surface area contributed by atoms with E-state index in [0.717, 1.165) is 11.1 Å². The molecule has 0 amide bonds. The molecule has 0 saturated carbocycles. The Morgan fingerprint density at radius 1 is 1.23 bits per heavy atom. The predicted molar refractivity (Wildman–Crippen MR) is 86.0 cm³/mol. The quantitative estimate of drug-likeness (QED) is 0.629. The van der Waals surface area contributed by atoms with Crippen LogP contribution in [0.2, 0.25) is 0 Å². The minimum absolute atomic E-state index is 0.183. The van der Waals surface area contributed by atoms with Gasteiger partial charge in [-0.05, 0) is 0 Å². The van der Waals surface area contributed by atoms with Gasteiger partial charge in [-0.3, -0.25) is 0 Å². The summed E-state index contributed by atoms with van der Waals surface area (Å²) in [6, 6.07) is 0. The molecule has 8 heteroatoms. The fourth-order valence-corrected chi connectivity index (χ4v) is 3.88. The van der Waals surface area contributed by atoms with Crippen LogP contribution < -0.4 is 5.59 Å². The Morgan fingerprint density at radius 3 is 2.36 bits per heavy atom. The number of halogens is 2. The van der Waals surface area contributed by atoms with E-state index in [1.807, 2.05) is 13.8 Å². The van der Waals surface area contributed by atoms with Crippen LogP contribution in [0, 0.1) is 67.3 Å². The van der Waals surface area contributed by atoms with Crippen LogP contribution in [0.5, 0.6) is 0 Å². The van der Waals surface area contributed by atoms with Gasteiger partial charge in [-0.1, -0.05) is 0 Å². The molecular weight excluding hydrogens is 535 g/mol. The van der Waals surface area contributed by atoms with Crippen LogP contribution in [-0.2, 0) is 0 Å². The summed E-state index contributed by atoms with van der Waals surface area (Å²) in [4.78, 5) is 24.0. The number of carboxylic acids is 1. The molecule has 1 N–H and O–H groups in total. The van der Waals surface area contributed by atoms with Crippen LogP contribution in [0.15, 0.2) is 19.9 Å². The van der Waals surface area contributed by atoms with Gasteiger partial charge in [-0.2, -0.15) is 0 Å². The van der Waals surface area contributed by atoms with Gasteiger partial charge >= 0.3 is 178 Å². The second-order valence-electron chi connectivity index (χ2n) is 4.73. The Hall–Kier alpha value is 0.101. The van der Waals surface area contributed by atoms with Crippen molar-refractivity contribution in [2.45, 2.75) is 20.8 Å². The number of carbonyl (C=O) groups is 1. The summed E-state index contributed by atoms with van der Waals surface area (Å²) >= 11 is 8.75. The predicted octanol–water partition coefficient (Wildman–Crippen LogP) is 2.56. The number of aromatic nitrogens is 2. The normalized spacial score (nSPS) is 10.8. The maximum atomic E-state index is 12.4. The van der Waals surface area contributed by atoms with E-state index in [1.165, 1.54) is 10.9 Å². The number of rotatable bonds is 2. The van der Waals surface area contributed by atoms with Crippen LogP contribution in [0.1, 0.15) is 27.0 Å². The molecular formula is C14H11Br2N2O3Xe. The van der Waals surface area contributed by atoms with Gasteiger partial charge in [0.2, 0.25) is 0 Å². The standard InChI is InChI=1S/C14H11Br2N2O3Xe/c1-5-6(2)9(14(20)21)12(22)11(7(5)3)18-13(19)10(16)8(15)4-17-18/h4H,1-3H3,(H,20,21). The third kappa shape index (κ3) is 3.04. The molecule has 0 unspecified atom stereocenters. The maximum absolute atomic E-state index is 12.4. The van der Waals surface area contributed by atoms with Gasteiger partial charge in [-0.25, -0.2) is 0 Å². The topological polar surface area (TPSA) is 72.2 Å². The first-order chi connectivity index (χ1) is 10.2. The van der Waals surface area contributed by atoms with Crippen molar-refractivity contribution in [3.63, 3.8) is 0 Å². The van der Waals surface area contributed by atoms with Crippen LogP contribution >= 0.6 is 31.9 Å². The van der Waals surface area contributed by atoms with E-state index in [0.29, 0.717) is 20.2 Å². The Kier molecular flexibility index (Phi) is 5.80. The van der Waals surface area contributed by atoms with E-state index in [9.17, 15) is 14.7 Å². The number of carboxylic acid groups (broad SMARTS) is 1. The number of benzene rings is 1. The van der Waals surface area contributed by atoms with Crippen LogP contribution in [0.3, 0.4) is 0 Å². The van der Waals surface area contributed by atoms with Crippen molar-refractivity contribution in [2.24, 2.45) is 0 Å². The summed E-state index contributed by atoms with van der Waals surface area (Å²) in [5.41, 5.74) is 2.64. The second kappa shape index (κ2) is 6.92. The molecule has 0 aliphatic heterocycles. The molecule has 22 heavy (non-hydrogen) atoms. The molecule has 1 aromatic heterocycles. The van der Waals surface area contributed by atoms with E-state index in [1.54, 1.807) is 6.92 Å². The van der Waals surface area contributed by atoms with Crippen molar-refractivity contribution in [3.8, 4) is 5.69 Å². The third-order valence-corrected chi connectivity index (χ3v) is 6.45. The summed E-state index contributed by atoms with van der Waals surface area (Å²) in [5.74, 6) is -1.03. The van der Waals surface area contributed by atoms with Gasteiger partial charge in [-0.15, -0.1) is 0 Å². The molecule has 117 valence electrons. The van der Waals surface area contributed by atoms with E-state index < -0.39 is 5.97 Å². The molecule has 0 fully saturated rings. The van der Waals surface area contributed by atoms with Crippen molar-refractivity contribution in [3.05, 3.63) is 47.7 Å². The van der Waals surface area contributed by atoms with Gasteiger partial charge in [0.15, 0.2) is 0 Å². The fourth-order valence-electron chi connectivity index (χ4n) is 2.16. The average molecular weight is 546 g/mol. The molecule has 0 aliphatic rings. The second-order valence-corrected chi connectivity index (χ2v) is 7.39.